The molecule has 3 N–H and O–H groups in total. The molecule has 206 valence electrons. The van der Waals surface area contributed by atoms with Gasteiger partial charge in [-0.3, -0.25) is 14.5 Å². The van der Waals surface area contributed by atoms with E-state index in [1.165, 1.54) is 6.92 Å². The molecule has 2 fully saturated rings. The van der Waals surface area contributed by atoms with Gasteiger partial charge >= 0.3 is 12.4 Å². The molecular formula is C26H27F6N3O3. The fourth-order valence-corrected chi connectivity index (χ4v) is 5.43. The van der Waals surface area contributed by atoms with E-state index >= 15 is 0 Å². The number of amides is 2. The number of ether oxygens (including phenoxy) is 1. The molecule has 0 spiro atoms. The molecule has 2 amide bonds. The Morgan fingerprint density at radius 1 is 1.05 bits per heavy atom. The number of hydrogen-bond acceptors (Lipinski definition) is 4. The molecule has 2 saturated heterocycles. The number of fused-ring (bicyclic) bond motifs is 2. The Kier molecular flexibility index (Phi) is 7.26. The van der Waals surface area contributed by atoms with Crippen LogP contribution in [0.25, 0.3) is 0 Å². The normalized spacial score (nSPS) is 26.5. The molecule has 0 aromatic heterocycles. The van der Waals surface area contributed by atoms with Gasteiger partial charge in [0.25, 0.3) is 0 Å². The van der Waals surface area contributed by atoms with Crippen LogP contribution in [0, 0.1) is 0 Å². The van der Waals surface area contributed by atoms with Gasteiger partial charge in [-0.15, -0.1) is 0 Å². The largest absolute Gasteiger partial charge is 0.416 e. The number of alkyl halides is 6. The number of piperazine rings is 1. The first-order chi connectivity index (χ1) is 17.6. The Morgan fingerprint density at radius 3 is 2.21 bits per heavy atom. The molecular weight excluding hydrogens is 516 g/mol. The van der Waals surface area contributed by atoms with Gasteiger partial charge in [0.1, 0.15) is 0 Å². The summed E-state index contributed by atoms with van der Waals surface area (Å²) < 4.78 is 86.3. The summed E-state index contributed by atoms with van der Waals surface area (Å²) in [7, 11) is 0. The van der Waals surface area contributed by atoms with E-state index in [9.17, 15) is 35.9 Å². The lowest BCUT2D eigenvalue weighted by Crippen LogP contribution is -2.72. The molecule has 2 bridgehead atoms. The number of rotatable bonds is 7. The average molecular weight is 544 g/mol. The molecule has 2 aromatic rings. The zero-order valence-electron chi connectivity index (χ0n) is 20.5. The predicted octanol–water partition coefficient (Wildman–Crippen LogP) is 4.54. The lowest BCUT2D eigenvalue weighted by molar-refractivity contribution is -0.145. The maximum Gasteiger partial charge on any atom is 0.416 e. The van der Waals surface area contributed by atoms with Crippen molar-refractivity contribution in [2.24, 2.45) is 5.73 Å². The standard InChI is InChI=1S/C26H27F6N3O3/c1-16(17-9-19(25(27,28)29)11-20(10-17)26(30,31)32)38-15-24(18-5-3-2-4-6-18)8-7-23(12-21(33)36)14-35(24)13-22(37)34-23/h2-6,9-11,16H,7-8,12-15H2,1H3,(H2,33,36)(H,34,37)/t16-,23+,24-/m1/s1. The topological polar surface area (TPSA) is 84.7 Å². The average Bonchev–Trinajstić information content (AvgIpc) is 2.82. The van der Waals surface area contributed by atoms with E-state index in [1.54, 1.807) is 18.2 Å². The van der Waals surface area contributed by atoms with Crippen LogP contribution in [0.2, 0.25) is 0 Å². The summed E-state index contributed by atoms with van der Waals surface area (Å²) in [5, 5.41) is 2.88. The molecule has 2 aliphatic rings. The first-order valence-electron chi connectivity index (χ1n) is 11.9. The minimum absolute atomic E-state index is 0.0328. The van der Waals surface area contributed by atoms with Crippen LogP contribution in [0.5, 0.6) is 0 Å². The van der Waals surface area contributed by atoms with Crippen LogP contribution in [0.15, 0.2) is 48.5 Å². The summed E-state index contributed by atoms with van der Waals surface area (Å²) in [5.41, 5.74) is 1.31. The van der Waals surface area contributed by atoms with Crippen LogP contribution >= 0.6 is 0 Å². The Labute approximate surface area is 215 Å². The molecule has 38 heavy (non-hydrogen) atoms. The number of nitrogens with zero attached hydrogens (tertiary/aromatic N) is 1. The molecule has 0 radical (unpaired) electrons. The van der Waals surface area contributed by atoms with Crippen LogP contribution in [0.4, 0.5) is 26.3 Å². The van der Waals surface area contributed by atoms with Crippen LogP contribution in [0.3, 0.4) is 0 Å². The summed E-state index contributed by atoms with van der Waals surface area (Å²) in [5.74, 6) is -0.896. The Balaban J connectivity index is 1.67. The van der Waals surface area contributed by atoms with Crippen LogP contribution in [0.1, 0.15) is 54.5 Å². The fourth-order valence-electron chi connectivity index (χ4n) is 5.43. The number of nitrogens with one attached hydrogen (secondary N) is 1. The zero-order chi connectivity index (χ0) is 27.9. The van der Waals surface area contributed by atoms with Gasteiger partial charge in [0, 0.05) is 6.54 Å². The second kappa shape index (κ2) is 9.88. The van der Waals surface area contributed by atoms with Gasteiger partial charge in [-0.05, 0) is 49.1 Å². The van der Waals surface area contributed by atoms with Crippen molar-refractivity contribution in [2.75, 3.05) is 19.7 Å². The Hall–Kier alpha value is -3.12. The van der Waals surface area contributed by atoms with Crippen molar-refractivity contribution in [3.05, 3.63) is 70.8 Å². The minimum Gasteiger partial charge on any atom is -0.372 e. The molecule has 12 heteroatoms. The van der Waals surface area contributed by atoms with Gasteiger partial charge in [0.05, 0.1) is 47.9 Å². The summed E-state index contributed by atoms with van der Waals surface area (Å²) in [6, 6.07) is 10.4. The van der Waals surface area contributed by atoms with Crippen molar-refractivity contribution in [3.8, 4) is 0 Å². The van der Waals surface area contributed by atoms with E-state index in [-0.39, 0.29) is 43.7 Å². The first kappa shape index (κ1) is 27.9. The van der Waals surface area contributed by atoms with Crippen molar-refractivity contribution in [1.82, 2.24) is 10.2 Å². The molecule has 0 saturated carbocycles. The van der Waals surface area contributed by atoms with Crippen molar-refractivity contribution in [1.29, 1.82) is 0 Å². The summed E-state index contributed by atoms with van der Waals surface area (Å²) in [6.07, 6.45) is -10.4. The van der Waals surface area contributed by atoms with Gasteiger partial charge in [-0.2, -0.15) is 26.3 Å². The highest BCUT2D eigenvalue weighted by molar-refractivity contribution is 5.82. The number of nitrogens with two attached hydrogens (primary N) is 1. The smallest absolute Gasteiger partial charge is 0.372 e. The van der Waals surface area contributed by atoms with E-state index in [1.807, 2.05) is 17.0 Å². The van der Waals surface area contributed by atoms with Crippen LogP contribution in [-0.2, 0) is 32.2 Å². The highest BCUT2D eigenvalue weighted by Crippen LogP contribution is 2.45. The lowest BCUT2D eigenvalue weighted by Gasteiger charge is -2.57. The number of piperidine rings is 1. The fraction of sp³-hybridized carbons (Fsp3) is 0.462. The van der Waals surface area contributed by atoms with Gasteiger partial charge in [0.15, 0.2) is 0 Å². The van der Waals surface area contributed by atoms with Crippen LogP contribution in [-0.4, -0.2) is 41.9 Å². The highest BCUT2D eigenvalue weighted by atomic mass is 19.4. The van der Waals surface area contributed by atoms with Gasteiger partial charge < -0.3 is 15.8 Å². The molecule has 6 nitrogen and oxygen atoms in total. The quantitative estimate of drug-likeness (QED) is 0.503. The Bertz CT molecular complexity index is 1170. The summed E-state index contributed by atoms with van der Waals surface area (Å²) in [6.45, 7) is 1.51. The van der Waals surface area contributed by atoms with E-state index in [0.29, 0.717) is 25.0 Å². The van der Waals surface area contributed by atoms with Crippen molar-refractivity contribution >= 4 is 11.8 Å². The van der Waals surface area contributed by atoms with Crippen LogP contribution < -0.4 is 11.1 Å². The van der Waals surface area contributed by atoms with Crippen molar-refractivity contribution in [3.63, 3.8) is 0 Å². The molecule has 2 aromatic carbocycles. The van der Waals surface area contributed by atoms with E-state index in [2.05, 4.69) is 5.32 Å². The van der Waals surface area contributed by atoms with Crippen molar-refractivity contribution < 1.29 is 40.7 Å². The molecule has 2 aliphatic heterocycles. The predicted molar refractivity (Wildman–Crippen MR) is 124 cm³/mol. The SMILES string of the molecule is C[C@@H](OC[C@@]1(c2ccccc2)CC[C@]2(CC(N)=O)CN1CC(=O)N2)c1cc(C(F)(F)F)cc(C(F)(F)F)c1. The third-order valence-electron chi connectivity index (χ3n) is 7.33. The van der Waals surface area contributed by atoms with Gasteiger partial charge in [0.2, 0.25) is 11.8 Å². The number of primary amides is 1. The number of carbonyl (C=O) groups is 2. The minimum atomic E-state index is -4.98. The van der Waals surface area contributed by atoms with E-state index in [4.69, 9.17) is 10.5 Å². The monoisotopic (exact) mass is 543 g/mol. The summed E-state index contributed by atoms with van der Waals surface area (Å²) in [4.78, 5) is 26.2. The Morgan fingerprint density at radius 2 is 1.66 bits per heavy atom. The third kappa shape index (κ3) is 5.65. The number of carbonyl (C=O) groups excluding carboxylic acids is 2. The summed E-state index contributed by atoms with van der Waals surface area (Å²) >= 11 is 0. The number of benzene rings is 2. The second-order valence-corrected chi connectivity index (χ2v) is 10.0. The third-order valence-corrected chi connectivity index (χ3v) is 7.33. The van der Waals surface area contributed by atoms with E-state index < -0.39 is 46.6 Å². The highest BCUT2D eigenvalue weighted by Gasteiger charge is 2.53. The van der Waals surface area contributed by atoms with Crippen molar-refractivity contribution in [2.45, 2.75) is 55.7 Å². The molecule has 4 rings (SSSR count). The zero-order valence-corrected chi connectivity index (χ0v) is 20.5. The van der Waals surface area contributed by atoms with Gasteiger partial charge in [-0.25, -0.2) is 0 Å². The number of halogens is 6. The molecule has 0 aliphatic carbocycles. The first-order valence-corrected chi connectivity index (χ1v) is 11.9. The molecule has 4 atom stereocenters. The van der Waals surface area contributed by atoms with Gasteiger partial charge in [-0.1, -0.05) is 30.3 Å². The maximum absolute atomic E-state index is 13.4. The molecule has 1 unspecified atom stereocenters. The maximum atomic E-state index is 13.4. The lowest BCUT2D eigenvalue weighted by atomic mass is 9.72. The second-order valence-electron chi connectivity index (χ2n) is 10.0. The van der Waals surface area contributed by atoms with E-state index in [0.717, 1.165) is 5.56 Å². The molecule has 2 heterocycles. The number of hydrogen-bond donors (Lipinski definition) is 2.